The van der Waals surface area contributed by atoms with Gasteiger partial charge in [0, 0.05) is 50.8 Å². The first-order valence-electron chi connectivity index (χ1n) is 18.9. The lowest BCUT2D eigenvalue weighted by Crippen LogP contribution is -2.47. The Kier molecular flexibility index (Phi) is 13.6. The van der Waals surface area contributed by atoms with Gasteiger partial charge in [-0.1, -0.05) is 110 Å². The van der Waals surface area contributed by atoms with E-state index in [-0.39, 0.29) is 11.9 Å². The number of methoxy groups -OCH3 is 1. The smallest absolute Gasteiger partial charge is 0.256 e. The summed E-state index contributed by atoms with van der Waals surface area (Å²) >= 11 is 7.59. The van der Waals surface area contributed by atoms with Gasteiger partial charge in [-0.3, -0.25) is 14.7 Å². The number of ether oxygens (including phenoxy) is 2. The highest BCUT2D eigenvalue weighted by atomic mass is 32.2. The van der Waals surface area contributed by atoms with Crippen molar-refractivity contribution in [2.75, 3.05) is 58.7 Å². The van der Waals surface area contributed by atoms with Gasteiger partial charge in [0.15, 0.2) is 11.5 Å². The molecule has 52 heavy (non-hydrogen) atoms. The number of piperazine rings is 1. The number of rotatable bonds is 16. The fourth-order valence-corrected chi connectivity index (χ4v) is 8.95. The number of aliphatic imine (C=N–C) groups is 1. The molecule has 0 unspecified atom stereocenters. The van der Waals surface area contributed by atoms with Crippen LogP contribution in [0.25, 0.3) is 0 Å². The summed E-state index contributed by atoms with van der Waals surface area (Å²) in [5, 5.41) is 10.5. The Morgan fingerprint density at radius 3 is 2.27 bits per heavy atom. The summed E-state index contributed by atoms with van der Waals surface area (Å²) in [4.78, 5) is 24.6. The van der Waals surface area contributed by atoms with E-state index in [0.29, 0.717) is 35.8 Å². The number of unbranched alkanes of at least 4 members (excludes halogenated alkanes) is 5. The van der Waals surface area contributed by atoms with Gasteiger partial charge in [0.25, 0.3) is 5.91 Å². The fraction of sp³-hybridized carbons (Fsp3) is 0.476. The molecule has 0 saturated carbocycles. The molecular weight excluding hydrogens is 687 g/mol. The SMILES string of the molecule is COc1cc2c(cc1OCCCCCCCCN1CCN(C(=S)SCCC(C#N)(c3ccccc3)c3ccccc3)CC1)N=C[C@@H]1CCCN1C2=O. The molecule has 0 bridgehead atoms. The number of carbonyl (C=O) groups excluding carboxylic acids is 1. The van der Waals surface area contributed by atoms with Crippen molar-refractivity contribution in [3.63, 3.8) is 0 Å². The molecule has 3 heterocycles. The minimum atomic E-state index is -0.690. The molecule has 6 rings (SSSR count). The normalized spacial score (nSPS) is 17.3. The Morgan fingerprint density at radius 2 is 1.60 bits per heavy atom. The largest absolute Gasteiger partial charge is 0.493 e. The van der Waals surface area contributed by atoms with Crippen LogP contribution in [-0.2, 0) is 5.41 Å². The molecule has 3 aliphatic heterocycles. The van der Waals surface area contributed by atoms with Crippen LogP contribution in [0.5, 0.6) is 11.5 Å². The molecule has 274 valence electrons. The van der Waals surface area contributed by atoms with Crippen LogP contribution in [0, 0.1) is 11.3 Å². The Labute approximate surface area is 319 Å². The second kappa shape index (κ2) is 18.7. The van der Waals surface area contributed by atoms with E-state index in [1.54, 1.807) is 24.9 Å². The third-order valence-electron chi connectivity index (χ3n) is 10.6. The fourth-order valence-electron chi connectivity index (χ4n) is 7.57. The monoisotopic (exact) mass is 737 g/mol. The van der Waals surface area contributed by atoms with Crippen molar-refractivity contribution in [1.82, 2.24) is 14.7 Å². The van der Waals surface area contributed by atoms with Gasteiger partial charge in [-0.25, -0.2) is 0 Å². The Balaban J connectivity index is 0.841. The number of benzene rings is 3. The lowest BCUT2D eigenvalue weighted by Gasteiger charge is -2.36. The molecule has 8 nitrogen and oxygen atoms in total. The highest BCUT2D eigenvalue weighted by Crippen LogP contribution is 2.39. The van der Waals surface area contributed by atoms with Gasteiger partial charge >= 0.3 is 0 Å². The maximum Gasteiger partial charge on any atom is 0.256 e. The number of carbonyl (C=O) groups is 1. The van der Waals surface area contributed by atoms with Crippen LogP contribution >= 0.6 is 24.0 Å². The Bertz CT molecular complexity index is 1670. The zero-order valence-corrected chi connectivity index (χ0v) is 32.0. The third kappa shape index (κ3) is 9.17. The second-order valence-electron chi connectivity index (χ2n) is 13.9. The van der Waals surface area contributed by atoms with Gasteiger partial charge in [0.1, 0.15) is 9.74 Å². The van der Waals surface area contributed by atoms with Crippen molar-refractivity contribution in [3.8, 4) is 17.6 Å². The number of nitriles is 1. The van der Waals surface area contributed by atoms with Crippen LogP contribution in [0.4, 0.5) is 5.69 Å². The van der Waals surface area contributed by atoms with Crippen molar-refractivity contribution >= 4 is 46.1 Å². The molecule has 3 aromatic carbocycles. The van der Waals surface area contributed by atoms with Crippen molar-refractivity contribution < 1.29 is 14.3 Å². The molecule has 0 N–H and O–H groups in total. The molecule has 1 atom stereocenters. The number of hydrogen-bond donors (Lipinski definition) is 0. The van der Waals surface area contributed by atoms with E-state index in [2.05, 4.69) is 45.1 Å². The maximum atomic E-state index is 13.1. The summed E-state index contributed by atoms with van der Waals surface area (Å²) in [6.07, 6.45) is 11.6. The average molecular weight is 738 g/mol. The summed E-state index contributed by atoms with van der Waals surface area (Å²) in [7, 11) is 1.62. The van der Waals surface area contributed by atoms with Gasteiger partial charge in [-0.2, -0.15) is 5.26 Å². The lowest BCUT2D eigenvalue weighted by molar-refractivity contribution is 0.0774. The quantitative estimate of drug-likeness (QED) is 0.107. The van der Waals surface area contributed by atoms with Crippen LogP contribution in [0.2, 0.25) is 0 Å². The van der Waals surface area contributed by atoms with E-state index in [9.17, 15) is 10.1 Å². The number of fused-ring (bicyclic) bond motifs is 2. The molecule has 1 amide bonds. The number of hydrogen-bond acceptors (Lipinski definition) is 8. The van der Waals surface area contributed by atoms with E-state index in [4.69, 9.17) is 21.7 Å². The highest BCUT2D eigenvalue weighted by Gasteiger charge is 2.35. The molecule has 2 fully saturated rings. The molecule has 3 aromatic rings. The standard InChI is InChI=1S/C42H51N5O3S2/c1-49-38-29-36-37(44-31-35-19-14-22-47(35)40(36)48)30-39(38)50-27-13-5-3-2-4-12-21-45-23-25-46(26-24-45)41(51)52-28-20-42(32-43,33-15-8-6-9-16-33)34-17-10-7-11-18-34/h6-11,15-18,29-31,35H,2-5,12-14,19-28H2,1H3/t35-/m0/s1. The molecular formula is C42H51N5O3S2. The first-order valence-corrected chi connectivity index (χ1v) is 20.3. The second-order valence-corrected chi connectivity index (χ2v) is 15.6. The van der Waals surface area contributed by atoms with Crippen LogP contribution in [0.3, 0.4) is 0 Å². The summed E-state index contributed by atoms with van der Waals surface area (Å²) in [6, 6.07) is 26.7. The molecule has 3 aliphatic rings. The van der Waals surface area contributed by atoms with E-state index >= 15 is 0 Å². The van der Waals surface area contributed by atoms with Crippen molar-refractivity contribution in [2.24, 2.45) is 4.99 Å². The number of thiocarbonyl (C=S) groups is 1. The van der Waals surface area contributed by atoms with E-state index in [1.165, 1.54) is 25.7 Å². The minimum absolute atomic E-state index is 0.0276. The molecule has 0 aromatic heterocycles. The number of amides is 1. The summed E-state index contributed by atoms with van der Waals surface area (Å²) in [5.41, 5.74) is 2.63. The van der Waals surface area contributed by atoms with E-state index < -0.39 is 5.41 Å². The van der Waals surface area contributed by atoms with Gasteiger partial charge in [0.05, 0.1) is 37.1 Å². The van der Waals surface area contributed by atoms with Crippen LogP contribution in [0.15, 0.2) is 77.8 Å². The van der Waals surface area contributed by atoms with Crippen LogP contribution in [0.1, 0.15) is 79.3 Å². The number of nitrogens with zero attached hydrogens (tertiary/aromatic N) is 5. The first-order chi connectivity index (χ1) is 25.5. The molecule has 10 heteroatoms. The highest BCUT2D eigenvalue weighted by molar-refractivity contribution is 8.22. The maximum absolute atomic E-state index is 13.1. The van der Waals surface area contributed by atoms with E-state index in [1.807, 2.05) is 53.6 Å². The van der Waals surface area contributed by atoms with E-state index in [0.717, 1.165) is 86.2 Å². The van der Waals surface area contributed by atoms with Crippen molar-refractivity contribution in [1.29, 1.82) is 5.26 Å². The molecule has 0 spiro atoms. The predicted molar refractivity (Wildman–Crippen MR) is 215 cm³/mol. The zero-order chi connectivity index (χ0) is 36.2. The Hall–Kier alpha value is -3.91. The first kappa shape index (κ1) is 37.8. The molecule has 2 saturated heterocycles. The van der Waals surface area contributed by atoms with Crippen LogP contribution < -0.4 is 9.47 Å². The number of thioether (sulfide) groups is 1. The summed E-state index contributed by atoms with van der Waals surface area (Å²) < 4.78 is 12.7. The van der Waals surface area contributed by atoms with Crippen molar-refractivity contribution in [2.45, 2.75) is 69.2 Å². The van der Waals surface area contributed by atoms with Crippen molar-refractivity contribution in [3.05, 3.63) is 89.5 Å². The average Bonchev–Trinajstić information content (AvgIpc) is 3.63. The molecule has 0 aliphatic carbocycles. The lowest BCUT2D eigenvalue weighted by atomic mass is 9.74. The van der Waals surface area contributed by atoms with Gasteiger partial charge in [-0.05, 0) is 55.8 Å². The molecule has 0 radical (unpaired) electrons. The third-order valence-corrected chi connectivity index (χ3v) is 12.2. The zero-order valence-electron chi connectivity index (χ0n) is 30.4. The predicted octanol–water partition coefficient (Wildman–Crippen LogP) is 8.27. The summed E-state index contributed by atoms with van der Waals surface area (Å²) in [5.74, 6) is 2.06. The van der Waals surface area contributed by atoms with Gasteiger partial charge < -0.3 is 19.3 Å². The van der Waals surface area contributed by atoms with Gasteiger partial charge in [0.2, 0.25) is 0 Å². The van der Waals surface area contributed by atoms with Crippen LogP contribution in [-0.4, -0.2) is 95.9 Å². The topological polar surface area (TPSA) is 81.4 Å². The minimum Gasteiger partial charge on any atom is -0.493 e. The van der Waals surface area contributed by atoms with Gasteiger partial charge in [-0.15, -0.1) is 0 Å². The Morgan fingerprint density at radius 1 is 0.923 bits per heavy atom. The summed E-state index contributed by atoms with van der Waals surface area (Å²) in [6.45, 7) is 6.53.